The fourth-order valence-electron chi connectivity index (χ4n) is 2.05. The second-order valence-electron chi connectivity index (χ2n) is 4.21. The number of carbonyl (C=O) groups is 1. The van der Waals surface area contributed by atoms with E-state index in [0.29, 0.717) is 5.92 Å². The molecule has 1 aromatic carbocycles. The third kappa shape index (κ3) is 2.45. The Kier molecular flexibility index (Phi) is 3.17. The molecule has 2 atom stereocenters. The lowest BCUT2D eigenvalue weighted by Gasteiger charge is -2.12. The molecule has 1 aromatic rings. The van der Waals surface area contributed by atoms with Crippen molar-refractivity contribution in [2.45, 2.75) is 25.9 Å². The molecule has 2 nitrogen and oxygen atoms in total. The van der Waals surface area contributed by atoms with Crippen LogP contribution in [0.15, 0.2) is 24.3 Å². The van der Waals surface area contributed by atoms with Crippen LogP contribution in [0.25, 0.3) is 0 Å². The minimum absolute atomic E-state index is 0.189. The molecule has 0 aromatic heterocycles. The van der Waals surface area contributed by atoms with E-state index in [0.717, 1.165) is 25.7 Å². The lowest BCUT2D eigenvalue weighted by Crippen LogP contribution is -2.19. The van der Waals surface area contributed by atoms with Gasteiger partial charge >= 0.3 is 0 Å². The highest BCUT2D eigenvalue weighted by molar-refractivity contribution is 5.57. The SMILES string of the molecule is Cc1ccc(CC2CCOC2C=O)cc1. The van der Waals surface area contributed by atoms with Crippen LogP contribution < -0.4 is 0 Å². The van der Waals surface area contributed by atoms with Gasteiger partial charge in [-0.25, -0.2) is 0 Å². The summed E-state index contributed by atoms with van der Waals surface area (Å²) in [5, 5.41) is 0. The van der Waals surface area contributed by atoms with Crippen LogP contribution in [0.1, 0.15) is 17.5 Å². The number of benzene rings is 1. The van der Waals surface area contributed by atoms with Crippen molar-refractivity contribution < 1.29 is 9.53 Å². The van der Waals surface area contributed by atoms with Gasteiger partial charge in [-0.3, -0.25) is 0 Å². The zero-order valence-electron chi connectivity index (χ0n) is 8.98. The van der Waals surface area contributed by atoms with Gasteiger partial charge in [-0.1, -0.05) is 29.8 Å². The number of hydrogen-bond acceptors (Lipinski definition) is 2. The van der Waals surface area contributed by atoms with E-state index < -0.39 is 0 Å². The van der Waals surface area contributed by atoms with Gasteiger partial charge in [-0.05, 0) is 31.2 Å². The first kappa shape index (κ1) is 10.4. The first-order valence-electron chi connectivity index (χ1n) is 5.42. The smallest absolute Gasteiger partial charge is 0.149 e. The lowest BCUT2D eigenvalue weighted by molar-refractivity contribution is -0.116. The fraction of sp³-hybridized carbons (Fsp3) is 0.462. The highest BCUT2D eigenvalue weighted by Gasteiger charge is 2.27. The van der Waals surface area contributed by atoms with Crippen molar-refractivity contribution in [1.29, 1.82) is 0 Å². The summed E-state index contributed by atoms with van der Waals surface area (Å²) < 4.78 is 5.34. The topological polar surface area (TPSA) is 26.3 Å². The highest BCUT2D eigenvalue weighted by Crippen LogP contribution is 2.23. The highest BCUT2D eigenvalue weighted by atomic mass is 16.5. The Morgan fingerprint density at radius 2 is 2.13 bits per heavy atom. The molecule has 0 bridgehead atoms. The van der Waals surface area contributed by atoms with Crippen LogP contribution in [0, 0.1) is 12.8 Å². The number of carbonyl (C=O) groups excluding carboxylic acids is 1. The van der Waals surface area contributed by atoms with E-state index in [2.05, 4.69) is 31.2 Å². The summed E-state index contributed by atoms with van der Waals surface area (Å²) in [4.78, 5) is 10.7. The molecule has 0 N–H and O–H groups in total. The van der Waals surface area contributed by atoms with Crippen LogP contribution in [-0.2, 0) is 16.0 Å². The number of aldehydes is 1. The van der Waals surface area contributed by atoms with Gasteiger partial charge in [0.05, 0.1) is 0 Å². The molecular formula is C13H16O2. The summed E-state index contributed by atoms with van der Waals surface area (Å²) in [6.07, 6.45) is 2.69. The molecule has 2 heteroatoms. The normalized spacial score (nSPS) is 25.4. The molecule has 0 amide bonds. The van der Waals surface area contributed by atoms with E-state index in [9.17, 15) is 4.79 Å². The Morgan fingerprint density at radius 1 is 1.40 bits per heavy atom. The lowest BCUT2D eigenvalue weighted by atomic mass is 9.93. The van der Waals surface area contributed by atoms with Crippen LogP contribution in [-0.4, -0.2) is 19.0 Å². The minimum atomic E-state index is -0.189. The molecule has 0 radical (unpaired) electrons. The molecule has 2 rings (SSSR count). The van der Waals surface area contributed by atoms with E-state index in [1.165, 1.54) is 11.1 Å². The average Bonchev–Trinajstić information content (AvgIpc) is 2.69. The summed E-state index contributed by atoms with van der Waals surface area (Å²) in [5.41, 5.74) is 2.57. The van der Waals surface area contributed by atoms with Crippen molar-refractivity contribution >= 4 is 6.29 Å². The van der Waals surface area contributed by atoms with Gasteiger partial charge in [-0.2, -0.15) is 0 Å². The number of aryl methyl sites for hydroxylation is 1. The maximum atomic E-state index is 10.7. The first-order chi connectivity index (χ1) is 7.29. The average molecular weight is 204 g/mol. The first-order valence-corrected chi connectivity index (χ1v) is 5.42. The quantitative estimate of drug-likeness (QED) is 0.705. The van der Waals surface area contributed by atoms with Gasteiger partial charge in [0.1, 0.15) is 12.4 Å². The van der Waals surface area contributed by atoms with E-state index in [1.54, 1.807) is 0 Å². The zero-order valence-corrected chi connectivity index (χ0v) is 8.98. The molecule has 0 aliphatic carbocycles. The molecule has 1 fully saturated rings. The summed E-state index contributed by atoms with van der Waals surface area (Å²) in [7, 11) is 0. The molecule has 0 saturated carbocycles. The number of rotatable bonds is 3. The molecule has 1 aliphatic rings. The summed E-state index contributed by atoms with van der Waals surface area (Å²) in [6.45, 7) is 2.80. The number of hydrogen-bond donors (Lipinski definition) is 0. The third-order valence-electron chi connectivity index (χ3n) is 3.02. The molecule has 15 heavy (non-hydrogen) atoms. The zero-order chi connectivity index (χ0) is 10.7. The second-order valence-corrected chi connectivity index (χ2v) is 4.21. The largest absolute Gasteiger partial charge is 0.370 e. The molecule has 80 valence electrons. The molecule has 1 aliphatic heterocycles. The number of ether oxygens (including phenoxy) is 1. The maximum Gasteiger partial charge on any atom is 0.149 e. The molecule has 1 heterocycles. The standard InChI is InChI=1S/C13H16O2/c1-10-2-4-11(5-3-10)8-12-6-7-15-13(12)9-14/h2-5,9,12-13H,6-8H2,1H3. The van der Waals surface area contributed by atoms with Crippen molar-refractivity contribution in [3.8, 4) is 0 Å². The summed E-state index contributed by atoms with van der Waals surface area (Å²) >= 11 is 0. The predicted molar refractivity (Wildman–Crippen MR) is 58.8 cm³/mol. The monoisotopic (exact) mass is 204 g/mol. The van der Waals surface area contributed by atoms with Crippen LogP contribution in [0.2, 0.25) is 0 Å². The van der Waals surface area contributed by atoms with E-state index >= 15 is 0 Å². The van der Waals surface area contributed by atoms with Crippen molar-refractivity contribution in [2.75, 3.05) is 6.61 Å². The Balaban J connectivity index is 2.02. The fourth-order valence-corrected chi connectivity index (χ4v) is 2.05. The van der Waals surface area contributed by atoms with Gasteiger partial charge < -0.3 is 9.53 Å². The van der Waals surface area contributed by atoms with Crippen LogP contribution in [0.5, 0.6) is 0 Å². The minimum Gasteiger partial charge on any atom is -0.370 e. The molecule has 0 spiro atoms. The van der Waals surface area contributed by atoms with E-state index in [4.69, 9.17) is 4.74 Å². The Bertz CT molecular complexity index is 329. The molecule has 1 saturated heterocycles. The van der Waals surface area contributed by atoms with E-state index in [1.807, 2.05) is 0 Å². The summed E-state index contributed by atoms with van der Waals surface area (Å²) in [5.74, 6) is 0.366. The van der Waals surface area contributed by atoms with Crippen molar-refractivity contribution in [2.24, 2.45) is 5.92 Å². The second kappa shape index (κ2) is 4.58. The predicted octanol–water partition coefficient (Wildman–Crippen LogP) is 2.14. The molecular weight excluding hydrogens is 188 g/mol. The molecule has 2 unspecified atom stereocenters. The van der Waals surface area contributed by atoms with Gasteiger partial charge in [-0.15, -0.1) is 0 Å². The van der Waals surface area contributed by atoms with Crippen LogP contribution >= 0.6 is 0 Å². The Morgan fingerprint density at radius 3 is 2.80 bits per heavy atom. The van der Waals surface area contributed by atoms with Crippen molar-refractivity contribution in [3.63, 3.8) is 0 Å². The Hall–Kier alpha value is -1.15. The summed E-state index contributed by atoms with van der Waals surface area (Å²) in [6, 6.07) is 8.49. The van der Waals surface area contributed by atoms with Crippen molar-refractivity contribution in [1.82, 2.24) is 0 Å². The van der Waals surface area contributed by atoms with Gasteiger partial charge in [0, 0.05) is 6.61 Å². The Labute approximate surface area is 90.3 Å². The van der Waals surface area contributed by atoms with Gasteiger partial charge in [0.15, 0.2) is 0 Å². The van der Waals surface area contributed by atoms with Gasteiger partial charge in [0.2, 0.25) is 0 Å². The van der Waals surface area contributed by atoms with E-state index in [-0.39, 0.29) is 6.10 Å². The van der Waals surface area contributed by atoms with Crippen LogP contribution in [0.4, 0.5) is 0 Å². The third-order valence-corrected chi connectivity index (χ3v) is 3.02. The van der Waals surface area contributed by atoms with Gasteiger partial charge in [0.25, 0.3) is 0 Å². The van der Waals surface area contributed by atoms with Crippen molar-refractivity contribution in [3.05, 3.63) is 35.4 Å². The van der Waals surface area contributed by atoms with Crippen LogP contribution in [0.3, 0.4) is 0 Å². The maximum absolute atomic E-state index is 10.7.